The van der Waals surface area contributed by atoms with Crippen molar-refractivity contribution in [2.45, 2.75) is 32.7 Å². The Morgan fingerprint density at radius 3 is 2.74 bits per heavy atom. The molecule has 1 N–H and O–H groups in total. The topological polar surface area (TPSA) is 40.0 Å². The molecule has 0 spiro atoms. The summed E-state index contributed by atoms with van der Waals surface area (Å²) in [6.07, 6.45) is 8.75. The maximum atomic E-state index is 4.79. The number of hydrogen-bond donors (Lipinski definition) is 1. The van der Waals surface area contributed by atoms with Crippen molar-refractivity contribution in [3.8, 4) is 0 Å². The summed E-state index contributed by atoms with van der Waals surface area (Å²) in [6, 6.07) is 0.426. The van der Waals surface area contributed by atoms with E-state index in [1.165, 1.54) is 0 Å². The Bertz CT molecular complexity index is 353. The molecule has 2 aliphatic rings. The minimum absolute atomic E-state index is 0.426. The highest BCUT2D eigenvalue weighted by atomic mass is 15.2. The SMILES string of the molecule is CCN=C(C=NC1CC=CC[C@H]1C)N1CCNCC1. The van der Waals surface area contributed by atoms with Gasteiger partial charge in [0.25, 0.3) is 0 Å². The van der Waals surface area contributed by atoms with Crippen molar-refractivity contribution in [1.82, 2.24) is 10.2 Å². The van der Waals surface area contributed by atoms with Crippen molar-refractivity contribution in [2.75, 3.05) is 32.7 Å². The van der Waals surface area contributed by atoms with Crippen molar-refractivity contribution in [2.24, 2.45) is 15.9 Å². The van der Waals surface area contributed by atoms with Gasteiger partial charge in [-0.25, -0.2) is 0 Å². The number of nitrogens with zero attached hydrogens (tertiary/aromatic N) is 3. The van der Waals surface area contributed by atoms with Crippen molar-refractivity contribution in [3.05, 3.63) is 12.2 Å². The third-order valence-corrected chi connectivity index (χ3v) is 3.85. The number of rotatable bonds is 3. The fourth-order valence-corrected chi connectivity index (χ4v) is 2.58. The minimum Gasteiger partial charge on any atom is -0.353 e. The van der Waals surface area contributed by atoms with Crippen LogP contribution >= 0.6 is 0 Å². The first-order valence-electron chi connectivity index (χ1n) is 7.49. The summed E-state index contributed by atoms with van der Waals surface area (Å²) in [7, 11) is 0. The first-order chi connectivity index (χ1) is 9.31. The molecule has 1 unspecified atom stereocenters. The van der Waals surface area contributed by atoms with Crippen LogP contribution in [0.3, 0.4) is 0 Å². The van der Waals surface area contributed by atoms with E-state index >= 15 is 0 Å². The molecule has 1 fully saturated rings. The van der Waals surface area contributed by atoms with Gasteiger partial charge in [-0.2, -0.15) is 0 Å². The predicted octanol–water partition coefficient (Wildman–Crippen LogP) is 1.74. The second-order valence-corrected chi connectivity index (χ2v) is 5.34. The zero-order valence-corrected chi connectivity index (χ0v) is 12.2. The van der Waals surface area contributed by atoms with Gasteiger partial charge in [-0.15, -0.1) is 0 Å². The molecule has 4 nitrogen and oxygen atoms in total. The summed E-state index contributed by atoms with van der Waals surface area (Å²) in [5, 5.41) is 3.37. The molecule has 1 heterocycles. The van der Waals surface area contributed by atoms with E-state index in [4.69, 9.17) is 4.99 Å². The van der Waals surface area contributed by atoms with Gasteiger partial charge in [0, 0.05) is 32.7 Å². The van der Waals surface area contributed by atoms with Gasteiger partial charge in [-0.1, -0.05) is 19.1 Å². The lowest BCUT2D eigenvalue weighted by Crippen LogP contribution is -2.47. The Morgan fingerprint density at radius 2 is 2.05 bits per heavy atom. The first kappa shape index (κ1) is 14.3. The van der Waals surface area contributed by atoms with E-state index in [2.05, 4.69) is 41.2 Å². The van der Waals surface area contributed by atoms with Crippen molar-refractivity contribution >= 4 is 12.1 Å². The monoisotopic (exact) mass is 262 g/mol. The van der Waals surface area contributed by atoms with Crippen molar-refractivity contribution < 1.29 is 0 Å². The molecule has 2 rings (SSSR count). The highest BCUT2D eigenvalue weighted by Crippen LogP contribution is 2.20. The molecule has 19 heavy (non-hydrogen) atoms. The average molecular weight is 262 g/mol. The molecule has 0 aromatic heterocycles. The van der Waals surface area contributed by atoms with Crippen LogP contribution in [0.4, 0.5) is 0 Å². The molecule has 2 atom stereocenters. The molecular formula is C15H26N4. The minimum atomic E-state index is 0.426. The number of amidine groups is 1. The normalized spacial score (nSPS) is 29.2. The highest BCUT2D eigenvalue weighted by molar-refractivity contribution is 6.29. The van der Waals surface area contributed by atoms with Crippen LogP contribution in [0.15, 0.2) is 22.1 Å². The summed E-state index contributed by atoms with van der Waals surface area (Å²) in [5.41, 5.74) is 0. The van der Waals surface area contributed by atoms with E-state index < -0.39 is 0 Å². The summed E-state index contributed by atoms with van der Waals surface area (Å²) in [6.45, 7) is 9.34. The fourth-order valence-electron chi connectivity index (χ4n) is 2.58. The van der Waals surface area contributed by atoms with Gasteiger partial charge >= 0.3 is 0 Å². The molecule has 4 heteroatoms. The number of hydrogen-bond acceptors (Lipinski definition) is 3. The van der Waals surface area contributed by atoms with Gasteiger partial charge in [-0.3, -0.25) is 9.98 Å². The number of piperazine rings is 1. The van der Waals surface area contributed by atoms with E-state index in [9.17, 15) is 0 Å². The van der Waals surface area contributed by atoms with Gasteiger partial charge in [-0.05, 0) is 25.7 Å². The Kier molecular flexibility index (Phi) is 5.58. The van der Waals surface area contributed by atoms with Gasteiger partial charge in [0.15, 0.2) is 0 Å². The van der Waals surface area contributed by atoms with Crippen molar-refractivity contribution in [1.29, 1.82) is 0 Å². The van der Waals surface area contributed by atoms with E-state index in [1.807, 2.05) is 6.21 Å². The third kappa shape index (κ3) is 4.16. The lowest BCUT2D eigenvalue weighted by atomic mass is 9.91. The number of nitrogens with one attached hydrogen (secondary N) is 1. The summed E-state index contributed by atoms with van der Waals surface area (Å²) < 4.78 is 0. The standard InChI is InChI=1S/C15H26N4/c1-3-17-15(19-10-8-16-9-11-19)12-18-14-7-5-4-6-13(14)2/h4-5,12-14,16H,3,6-11H2,1-2H3/t13-,14?/m1/s1. The maximum Gasteiger partial charge on any atom is 0.141 e. The van der Waals surface area contributed by atoms with Crippen LogP contribution in [-0.4, -0.2) is 55.7 Å². The van der Waals surface area contributed by atoms with E-state index in [-0.39, 0.29) is 0 Å². The smallest absolute Gasteiger partial charge is 0.141 e. The van der Waals surface area contributed by atoms with Crippen LogP contribution in [0.5, 0.6) is 0 Å². The molecule has 1 saturated heterocycles. The largest absolute Gasteiger partial charge is 0.353 e. The highest BCUT2D eigenvalue weighted by Gasteiger charge is 2.18. The molecule has 106 valence electrons. The van der Waals surface area contributed by atoms with Crippen LogP contribution in [-0.2, 0) is 0 Å². The molecule has 0 bridgehead atoms. The van der Waals surface area contributed by atoms with Gasteiger partial charge in [0.1, 0.15) is 5.84 Å². The second-order valence-electron chi connectivity index (χ2n) is 5.34. The van der Waals surface area contributed by atoms with Gasteiger partial charge in [0.2, 0.25) is 0 Å². The Hall–Kier alpha value is -1.16. The van der Waals surface area contributed by atoms with Crippen LogP contribution in [0.1, 0.15) is 26.7 Å². The molecule has 1 aliphatic carbocycles. The molecule has 0 amide bonds. The lowest BCUT2D eigenvalue weighted by Gasteiger charge is -2.29. The second kappa shape index (κ2) is 7.43. The van der Waals surface area contributed by atoms with E-state index in [1.54, 1.807) is 0 Å². The summed E-state index contributed by atoms with van der Waals surface area (Å²) in [4.78, 5) is 11.7. The Labute approximate surface area is 116 Å². The molecule has 0 aromatic rings. The first-order valence-corrected chi connectivity index (χ1v) is 7.49. The maximum absolute atomic E-state index is 4.79. The van der Waals surface area contributed by atoms with Gasteiger partial charge in [0.05, 0.1) is 12.3 Å². The third-order valence-electron chi connectivity index (χ3n) is 3.85. The molecule has 0 radical (unpaired) electrons. The number of aliphatic imine (C=N–C) groups is 2. The fraction of sp³-hybridized carbons (Fsp3) is 0.733. The zero-order chi connectivity index (χ0) is 13.5. The van der Waals surface area contributed by atoms with Crippen LogP contribution < -0.4 is 5.32 Å². The summed E-state index contributed by atoms with van der Waals surface area (Å²) in [5.74, 6) is 1.71. The summed E-state index contributed by atoms with van der Waals surface area (Å²) >= 11 is 0. The van der Waals surface area contributed by atoms with Gasteiger partial charge < -0.3 is 10.2 Å². The van der Waals surface area contributed by atoms with Crippen LogP contribution in [0.25, 0.3) is 0 Å². The predicted molar refractivity (Wildman–Crippen MR) is 82.2 cm³/mol. The molecule has 0 saturated carbocycles. The zero-order valence-electron chi connectivity index (χ0n) is 12.2. The number of allylic oxidation sites excluding steroid dienone is 1. The van der Waals surface area contributed by atoms with Crippen molar-refractivity contribution in [3.63, 3.8) is 0 Å². The lowest BCUT2D eigenvalue weighted by molar-refractivity contribution is 0.360. The quantitative estimate of drug-likeness (QED) is 0.478. The van der Waals surface area contributed by atoms with E-state index in [0.29, 0.717) is 12.0 Å². The van der Waals surface area contributed by atoms with E-state index in [0.717, 1.165) is 51.4 Å². The molecule has 0 aromatic carbocycles. The Balaban J connectivity index is 1.99. The molecule has 1 aliphatic heterocycles. The van der Waals surface area contributed by atoms with Crippen LogP contribution in [0, 0.1) is 5.92 Å². The van der Waals surface area contributed by atoms with Crippen LogP contribution in [0.2, 0.25) is 0 Å². The Morgan fingerprint density at radius 1 is 1.32 bits per heavy atom. The average Bonchev–Trinajstić information content (AvgIpc) is 2.46. The molecular weight excluding hydrogens is 236 g/mol.